The Labute approximate surface area is 99.4 Å². The lowest BCUT2D eigenvalue weighted by atomic mass is 10.0. The van der Waals surface area contributed by atoms with Crippen LogP contribution in [0.2, 0.25) is 0 Å². The summed E-state index contributed by atoms with van der Waals surface area (Å²) in [6, 6.07) is 7.54. The van der Waals surface area contributed by atoms with Gasteiger partial charge in [-0.2, -0.15) is 0 Å². The fourth-order valence-corrected chi connectivity index (χ4v) is 2.01. The molecule has 0 radical (unpaired) electrons. The third-order valence-electron chi connectivity index (χ3n) is 2.86. The van der Waals surface area contributed by atoms with Crippen molar-refractivity contribution in [3.05, 3.63) is 35.9 Å². The molecule has 0 fully saturated rings. The second-order valence-electron chi connectivity index (χ2n) is 4.72. The standard InChI is InChI=1S/C14H13NO2/c1-14(2)8-7-10-12(17-14)9-5-3-4-6-11(9)15-13(10)16/h3-8H,1-2H3,(H,15,16)/p-1. The van der Waals surface area contributed by atoms with Gasteiger partial charge >= 0.3 is 0 Å². The van der Waals surface area contributed by atoms with Crippen LogP contribution in [0.25, 0.3) is 17.0 Å². The zero-order valence-electron chi connectivity index (χ0n) is 9.73. The summed E-state index contributed by atoms with van der Waals surface area (Å²) in [4.78, 5) is 4.05. The van der Waals surface area contributed by atoms with Gasteiger partial charge in [0.2, 0.25) is 0 Å². The molecule has 1 aromatic heterocycles. The van der Waals surface area contributed by atoms with Crippen molar-refractivity contribution in [1.82, 2.24) is 4.98 Å². The van der Waals surface area contributed by atoms with E-state index < -0.39 is 0 Å². The predicted molar refractivity (Wildman–Crippen MR) is 64.9 cm³/mol. The molecule has 0 unspecified atom stereocenters. The van der Waals surface area contributed by atoms with Crippen LogP contribution in [-0.4, -0.2) is 10.6 Å². The Morgan fingerprint density at radius 2 is 2.00 bits per heavy atom. The highest BCUT2D eigenvalue weighted by molar-refractivity contribution is 5.90. The lowest BCUT2D eigenvalue weighted by Gasteiger charge is -2.30. The second kappa shape index (κ2) is 3.23. The van der Waals surface area contributed by atoms with E-state index in [9.17, 15) is 5.11 Å². The third-order valence-corrected chi connectivity index (χ3v) is 2.86. The van der Waals surface area contributed by atoms with E-state index in [1.165, 1.54) is 0 Å². The molecule has 0 N–H and O–H groups in total. The number of benzene rings is 1. The first-order valence-corrected chi connectivity index (χ1v) is 5.55. The van der Waals surface area contributed by atoms with Crippen molar-refractivity contribution in [3.8, 4) is 11.6 Å². The van der Waals surface area contributed by atoms with E-state index in [1.807, 2.05) is 44.2 Å². The molecule has 17 heavy (non-hydrogen) atoms. The maximum absolute atomic E-state index is 11.8. The molecule has 0 spiro atoms. The summed E-state index contributed by atoms with van der Waals surface area (Å²) < 4.78 is 5.89. The Bertz CT molecular complexity index is 629. The highest BCUT2D eigenvalue weighted by Gasteiger charge is 2.23. The summed E-state index contributed by atoms with van der Waals surface area (Å²) >= 11 is 0. The van der Waals surface area contributed by atoms with Crippen LogP contribution in [0.4, 0.5) is 0 Å². The lowest BCUT2D eigenvalue weighted by molar-refractivity contribution is -0.275. The highest BCUT2D eigenvalue weighted by atomic mass is 16.5. The second-order valence-corrected chi connectivity index (χ2v) is 4.72. The maximum atomic E-state index is 11.8. The Balaban J connectivity index is 2.37. The lowest BCUT2D eigenvalue weighted by Crippen LogP contribution is -2.28. The van der Waals surface area contributed by atoms with Crippen LogP contribution in [0.15, 0.2) is 30.3 Å². The number of fused-ring (bicyclic) bond motifs is 3. The Morgan fingerprint density at radius 1 is 1.24 bits per heavy atom. The molecule has 86 valence electrons. The monoisotopic (exact) mass is 226 g/mol. The molecule has 2 aromatic rings. The van der Waals surface area contributed by atoms with Gasteiger partial charge in [-0.15, -0.1) is 0 Å². The van der Waals surface area contributed by atoms with Gasteiger partial charge in [0.25, 0.3) is 0 Å². The number of rotatable bonds is 0. The first-order valence-electron chi connectivity index (χ1n) is 5.55. The molecule has 0 bridgehead atoms. The fourth-order valence-electron chi connectivity index (χ4n) is 2.01. The van der Waals surface area contributed by atoms with Gasteiger partial charge < -0.3 is 9.84 Å². The Kier molecular flexibility index (Phi) is 1.93. The average molecular weight is 226 g/mol. The fraction of sp³-hybridized carbons (Fsp3) is 0.214. The first-order chi connectivity index (χ1) is 8.07. The van der Waals surface area contributed by atoms with Crippen LogP contribution in [0.5, 0.6) is 11.6 Å². The molecule has 0 saturated heterocycles. The maximum Gasteiger partial charge on any atom is 0.138 e. The number of nitrogens with zero attached hydrogens (tertiary/aromatic N) is 1. The minimum atomic E-state index is -0.385. The molecule has 0 saturated carbocycles. The van der Waals surface area contributed by atoms with E-state index in [1.54, 1.807) is 6.08 Å². The first kappa shape index (κ1) is 10.1. The van der Waals surface area contributed by atoms with Crippen LogP contribution >= 0.6 is 0 Å². The molecule has 1 aromatic carbocycles. The molecule has 0 aliphatic carbocycles. The van der Waals surface area contributed by atoms with E-state index in [-0.39, 0.29) is 11.5 Å². The number of ether oxygens (including phenoxy) is 1. The van der Waals surface area contributed by atoms with E-state index in [4.69, 9.17) is 4.74 Å². The van der Waals surface area contributed by atoms with Gasteiger partial charge in [-0.25, -0.2) is 0 Å². The highest BCUT2D eigenvalue weighted by Crippen LogP contribution is 2.39. The zero-order chi connectivity index (χ0) is 12.0. The quantitative estimate of drug-likeness (QED) is 0.693. The van der Waals surface area contributed by atoms with Crippen LogP contribution < -0.4 is 9.84 Å². The van der Waals surface area contributed by atoms with E-state index >= 15 is 0 Å². The molecule has 0 amide bonds. The smallest absolute Gasteiger partial charge is 0.138 e. The summed E-state index contributed by atoms with van der Waals surface area (Å²) in [5, 5.41) is 12.7. The van der Waals surface area contributed by atoms with E-state index in [2.05, 4.69) is 4.98 Å². The Morgan fingerprint density at radius 3 is 2.82 bits per heavy atom. The summed E-state index contributed by atoms with van der Waals surface area (Å²) in [6.07, 6.45) is 3.69. The van der Waals surface area contributed by atoms with E-state index in [0.29, 0.717) is 16.8 Å². The Hall–Kier alpha value is -2.03. The molecule has 2 heterocycles. The van der Waals surface area contributed by atoms with Gasteiger partial charge in [0.15, 0.2) is 0 Å². The molecule has 1 aliphatic heterocycles. The van der Waals surface area contributed by atoms with Gasteiger partial charge in [0, 0.05) is 10.9 Å². The number of para-hydroxylation sites is 1. The van der Waals surface area contributed by atoms with Crippen LogP contribution in [0, 0.1) is 0 Å². The summed E-state index contributed by atoms with van der Waals surface area (Å²) in [5.74, 6) is 0.415. The zero-order valence-corrected chi connectivity index (χ0v) is 9.73. The normalized spacial score (nSPS) is 16.6. The topological polar surface area (TPSA) is 45.2 Å². The van der Waals surface area contributed by atoms with Crippen molar-refractivity contribution in [1.29, 1.82) is 0 Å². The molecule has 3 rings (SSSR count). The summed E-state index contributed by atoms with van der Waals surface area (Å²) in [7, 11) is 0. The SMILES string of the molecule is CC1(C)C=Cc2c([O-])nc3ccccc3c2O1. The van der Waals surface area contributed by atoms with Crippen molar-refractivity contribution in [2.24, 2.45) is 0 Å². The van der Waals surface area contributed by atoms with E-state index in [0.717, 1.165) is 5.39 Å². The predicted octanol–water partition coefficient (Wildman–Crippen LogP) is 2.49. The van der Waals surface area contributed by atoms with Gasteiger partial charge in [-0.05, 0) is 37.9 Å². The van der Waals surface area contributed by atoms with Crippen molar-refractivity contribution in [2.75, 3.05) is 0 Å². The van der Waals surface area contributed by atoms with Crippen LogP contribution in [0.1, 0.15) is 19.4 Å². The van der Waals surface area contributed by atoms with Crippen molar-refractivity contribution >= 4 is 17.0 Å². The van der Waals surface area contributed by atoms with Crippen molar-refractivity contribution in [2.45, 2.75) is 19.4 Å². The van der Waals surface area contributed by atoms with Gasteiger partial charge in [-0.3, -0.25) is 4.98 Å². The van der Waals surface area contributed by atoms with Crippen molar-refractivity contribution < 1.29 is 9.84 Å². The minimum absolute atomic E-state index is 0.231. The average Bonchev–Trinajstić information content (AvgIpc) is 2.28. The van der Waals surface area contributed by atoms with Gasteiger partial charge in [0.05, 0.1) is 5.52 Å². The van der Waals surface area contributed by atoms with Crippen LogP contribution in [0.3, 0.4) is 0 Å². The third kappa shape index (κ3) is 1.55. The molecular weight excluding hydrogens is 214 g/mol. The summed E-state index contributed by atoms with van der Waals surface area (Å²) in [5.41, 5.74) is 0.842. The van der Waals surface area contributed by atoms with Gasteiger partial charge in [-0.1, -0.05) is 18.2 Å². The number of hydrogen-bond donors (Lipinski definition) is 0. The molecule has 1 aliphatic rings. The molecule has 0 atom stereocenters. The molecular formula is C14H12NO2-. The molecule has 3 nitrogen and oxygen atoms in total. The largest absolute Gasteiger partial charge is 0.858 e. The number of aromatic nitrogens is 1. The van der Waals surface area contributed by atoms with Crippen molar-refractivity contribution in [3.63, 3.8) is 0 Å². The number of pyridine rings is 1. The van der Waals surface area contributed by atoms with Crippen LogP contribution in [-0.2, 0) is 0 Å². The summed E-state index contributed by atoms with van der Waals surface area (Å²) in [6.45, 7) is 3.93. The molecule has 3 heteroatoms. The van der Waals surface area contributed by atoms with Gasteiger partial charge in [0.1, 0.15) is 11.4 Å². The minimum Gasteiger partial charge on any atom is -0.858 e. The number of hydrogen-bond acceptors (Lipinski definition) is 3.